The van der Waals surface area contributed by atoms with Gasteiger partial charge in [-0.1, -0.05) is 18.2 Å². The fraction of sp³-hybridized carbons (Fsp3) is 0.360. The normalized spacial score (nSPS) is 10.6. The standard InChI is InChI=1S/C25H30N2O4S/c1-4-29-21-10-8-7-9-20(21)25-27-19(17-32-25)16-24(28)26-14-13-18-11-12-22(30-5-2)23(15-18)31-6-3/h7-12,15,17H,4-6,13-14,16H2,1-3H3,(H,26,28). The third-order valence-electron chi connectivity index (χ3n) is 4.65. The molecule has 3 aromatic rings. The summed E-state index contributed by atoms with van der Waals surface area (Å²) in [5.41, 5.74) is 2.79. The van der Waals surface area contributed by atoms with Crippen molar-refractivity contribution in [1.29, 1.82) is 0 Å². The summed E-state index contributed by atoms with van der Waals surface area (Å²) in [7, 11) is 0. The Kier molecular flexibility index (Phi) is 8.92. The number of nitrogens with one attached hydrogen (secondary N) is 1. The topological polar surface area (TPSA) is 69.7 Å². The Labute approximate surface area is 193 Å². The summed E-state index contributed by atoms with van der Waals surface area (Å²) in [5, 5.41) is 5.77. The van der Waals surface area contributed by atoms with Crippen molar-refractivity contribution in [3.05, 3.63) is 59.1 Å². The number of hydrogen-bond acceptors (Lipinski definition) is 6. The van der Waals surface area contributed by atoms with Crippen LogP contribution in [0.4, 0.5) is 0 Å². The lowest BCUT2D eigenvalue weighted by Gasteiger charge is -2.12. The van der Waals surface area contributed by atoms with Crippen LogP contribution in [-0.4, -0.2) is 37.3 Å². The van der Waals surface area contributed by atoms with Crippen molar-refractivity contribution >= 4 is 17.2 Å². The molecule has 0 aliphatic rings. The van der Waals surface area contributed by atoms with E-state index in [4.69, 9.17) is 14.2 Å². The van der Waals surface area contributed by atoms with E-state index in [1.807, 2.05) is 68.6 Å². The van der Waals surface area contributed by atoms with Crippen LogP contribution in [0.25, 0.3) is 10.6 Å². The minimum atomic E-state index is -0.0455. The Bertz CT molecular complexity index is 1020. The van der Waals surface area contributed by atoms with Crippen LogP contribution in [0.15, 0.2) is 47.8 Å². The predicted octanol–water partition coefficient (Wildman–Crippen LogP) is 4.91. The number of carbonyl (C=O) groups is 1. The summed E-state index contributed by atoms with van der Waals surface area (Å²) in [6, 6.07) is 13.7. The SMILES string of the molecule is CCOc1ccc(CCNC(=O)Cc2csc(-c3ccccc3OCC)n2)cc1OCC. The molecule has 0 aliphatic heterocycles. The summed E-state index contributed by atoms with van der Waals surface area (Å²) < 4.78 is 17.0. The summed E-state index contributed by atoms with van der Waals surface area (Å²) >= 11 is 1.52. The molecule has 6 nitrogen and oxygen atoms in total. The molecule has 32 heavy (non-hydrogen) atoms. The average Bonchev–Trinajstić information content (AvgIpc) is 3.24. The molecule has 0 saturated carbocycles. The highest BCUT2D eigenvalue weighted by molar-refractivity contribution is 7.13. The fourth-order valence-corrected chi connectivity index (χ4v) is 4.11. The van der Waals surface area contributed by atoms with Crippen LogP contribution in [0.5, 0.6) is 17.2 Å². The van der Waals surface area contributed by atoms with E-state index in [-0.39, 0.29) is 12.3 Å². The number of amides is 1. The van der Waals surface area contributed by atoms with Crippen LogP contribution in [0.3, 0.4) is 0 Å². The molecule has 0 aliphatic carbocycles. The lowest BCUT2D eigenvalue weighted by atomic mass is 10.1. The fourth-order valence-electron chi connectivity index (χ4n) is 3.26. The van der Waals surface area contributed by atoms with Gasteiger partial charge in [0.05, 0.1) is 37.5 Å². The first-order valence-corrected chi connectivity index (χ1v) is 11.8. The second-order valence-electron chi connectivity index (χ2n) is 7.00. The van der Waals surface area contributed by atoms with Gasteiger partial charge in [0.2, 0.25) is 5.91 Å². The smallest absolute Gasteiger partial charge is 0.226 e. The van der Waals surface area contributed by atoms with E-state index in [2.05, 4.69) is 10.3 Å². The highest BCUT2D eigenvalue weighted by Crippen LogP contribution is 2.32. The zero-order valence-corrected chi connectivity index (χ0v) is 19.7. The zero-order valence-electron chi connectivity index (χ0n) is 18.8. The molecule has 0 spiro atoms. The van der Waals surface area contributed by atoms with Crippen molar-refractivity contribution in [3.8, 4) is 27.8 Å². The Morgan fingerprint density at radius 1 is 0.938 bits per heavy atom. The third kappa shape index (κ3) is 6.47. The van der Waals surface area contributed by atoms with Crippen molar-refractivity contribution < 1.29 is 19.0 Å². The molecule has 1 N–H and O–H groups in total. The quantitative estimate of drug-likeness (QED) is 0.421. The van der Waals surface area contributed by atoms with Gasteiger partial charge in [-0.15, -0.1) is 11.3 Å². The molecule has 1 heterocycles. The maximum absolute atomic E-state index is 12.4. The number of nitrogens with zero attached hydrogens (tertiary/aromatic N) is 1. The van der Waals surface area contributed by atoms with E-state index in [0.29, 0.717) is 32.8 Å². The number of carbonyl (C=O) groups excluding carboxylic acids is 1. The van der Waals surface area contributed by atoms with Crippen molar-refractivity contribution in [2.45, 2.75) is 33.6 Å². The number of aromatic nitrogens is 1. The number of ether oxygens (including phenoxy) is 3. The van der Waals surface area contributed by atoms with Crippen molar-refractivity contribution in [1.82, 2.24) is 10.3 Å². The number of benzene rings is 2. The second-order valence-corrected chi connectivity index (χ2v) is 7.86. The molecular formula is C25H30N2O4S. The van der Waals surface area contributed by atoms with Gasteiger partial charge in [-0.3, -0.25) is 4.79 Å². The zero-order chi connectivity index (χ0) is 22.8. The van der Waals surface area contributed by atoms with Gasteiger partial charge < -0.3 is 19.5 Å². The van der Waals surface area contributed by atoms with Gasteiger partial charge in [-0.2, -0.15) is 0 Å². The van der Waals surface area contributed by atoms with E-state index in [1.165, 1.54) is 11.3 Å². The van der Waals surface area contributed by atoms with Crippen molar-refractivity contribution in [2.24, 2.45) is 0 Å². The van der Waals surface area contributed by atoms with Crippen LogP contribution in [0, 0.1) is 0 Å². The van der Waals surface area contributed by atoms with Gasteiger partial charge in [0.15, 0.2) is 11.5 Å². The molecule has 0 unspecified atom stereocenters. The van der Waals surface area contributed by atoms with Crippen LogP contribution in [0.1, 0.15) is 32.0 Å². The lowest BCUT2D eigenvalue weighted by Crippen LogP contribution is -2.27. The highest BCUT2D eigenvalue weighted by atomic mass is 32.1. The summed E-state index contributed by atoms with van der Waals surface area (Å²) in [6.07, 6.45) is 0.961. The molecule has 3 rings (SSSR count). The first-order chi connectivity index (χ1) is 15.6. The number of rotatable bonds is 12. The molecular weight excluding hydrogens is 424 g/mol. The minimum Gasteiger partial charge on any atom is -0.493 e. The number of para-hydroxylation sites is 1. The van der Waals surface area contributed by atoms with Gasteiger partial charge in [0.1, 0.15) is 10.8 Å². The lowest BCUT2D eigenvalue weighted by molar-refractivity contribution is -0.120. The van der Waals surface area contributed by atoms with Crippen molar-refractivity contribution in [3.63, 3.8) is 0 Å². The van der Waals surface area contributed by atoms with Gasteiger partial charge >= 0.3 is 0 Å². The molecule has 1 aromatic heterocycles. The van der Waals surface area contributed by atoms with Crippen LogP contribution < -0.4 is 19.5 Å². The number of hydrogen-bond donors (Lipinski definition) is 1. The molecule has 1 amide bonds. The second kappa shape index (κ2) is 12.1. The Morgan fingerprint density at radius 3 is 2.44 bits per heavy atom. The van der Waals surface area contributed by atoms with E-state index in [0.717, 1.165) is 39.1 Å². The molecule has 0 saturated heterocycles. The van der Waals surface area contributed by atoms with Crippen LogP contribution >= 0.6 is 11.3 Å². The number of thiazole rings is 1. The van der Waals surface area contributed by atoms with Gasteiger partial charge in [0.25, 0.3) is 0 Å². The van der Waals surface area contributed by atoms with Crippen LogP contribution in [0.2, 0.25) is 0 Å². The van der Waals surface area contributed by atoms with Gasteiger partial charge in [0, 0.05) is 11.9 Å². The Hall–Kier alpha value is -3.06. The Balaban J connectivity index is 1.53. The molecule has 0 fully saturated rings. The van der Waals surface area contributed by atoms with E-state index in [1.54, 1.807) is 0 Å². The molecule has 0 bridgehead atoms. The predicted molar refractivity (Wildman–Crippen MR) is 128 cm³/mol. The maximum Gasteiger partial charge on any atom is 0.226 e. The highest BCUT2D eigenvalue weighted by Gasteiger charge is 2.12. The maximum atomic E-state index is 12.4. The summed E-state index contributed by atoms with van der Waals surface area (Å²) in [6.45, 7) is 8.15. The monoisotopic (exact) mass is 454 g/mol. The minimum absolute atomic E-state index is 0.0455. The van der Waals surface area contributed by atoms with Gasteiger partial charge in [-0.25, -0.2) is 4.98 Å². The molecule has 7 heteroatoms. The molecule has 170 valence electrons. The average molecular weight is 455 g/mol. The van der Waals surface area contributed by atoms with E-state index >= 15 is 0 Å². The molecule has 0 radical (unpaired) electrons. The van der Waals surface area contributed by atoms with Crippen LogP contribution in [-0.2, 0) is 17.6 Å². The Morgan fingerprint density at radius 2 is 1.66 bits per heavy atom. The third-order valence-corrected chi connectivity index (χ3v) is 5.58. The molecule has 2 aromatic carbocycles. The first-order valence-electron chi connectivity index (χ1n) is 11.0. The van der Waals surface area contributed by atoms with Gasteiger partial charge in [-0.05, 0) is 57.0 Å². The summed E-state index contributed by atoms with van der Waals surface area (Å²) in [5.74, 6) is 2.24. The first kappa shape index (κ1) is 23.6. The summed E-state index contributed by atoms with van der Waals surface area (Å²) in [4.78, 5) is 17.0. The van der Waals surface area contributed by atoms with E-state index in [9.17, 15) is 4.79 Å². The largest absolute Gasteiger partial charge is 0.493 e. The van der Waals surface area contributed by atoms with Crippen molar-refractivity contribution in [2.75, 3.05) is 26.4 Å². The molecule has 0 atom stereocenters. The van der Waals surface area contributed by atoms with E-state index < -0.39 is 0 Å².